The Hall–Kier alpha value is -2.84. The number of benzene rings is 2. The standard InChI is InChI=1S/C21H19ClN4O3S/c1-12-4-3-5-13(2)20(12)25-18(27)8-9-19-24-17(26-29-19)11-30-21-23-15-10-14(22)6-7-16(15)28-21/h3-7,10H,8-9,11H2,1-2H3,(H,25,27). The van der Waals surface area contributed by atoms with Crippen molar-refractivity contribution in [1.82, 2.24) is 15.1 Å². The number of aromatic nitrogens is 3. The minimum absolute atomic E-state index is 0.0911. The van der Waals surface area contributed by atoms with Gasteiger partial charge in [-0.2, -0.15) is 4.98 Å². The van der Waals surface area contributed by atoms with Gasteiger partial charge in [-0.1, -0.05) is 46.7 Å². The van der Waals surface area contributed by atoms with Gasteiger partial charge in [0, 0.05) is 23.6 Å². The molecule has 154 valence electrons. The third-order valence-corrected chi connectivity index (χ3v) is 5.54. The average Bonchev–Trinajstić information content (AvgIpc) is 3.33. The molecule has 0 bridgehead atoms. The van der Waals surface area contributed by atoms with Crippen molar-refractivity contribution in [2.24, 2.45) is 0 Å². The molecule has 0 atom stereocenters. The first-order valence-electron chi connectivity index (χ1n) is 9.34. The molecule has 0 saturated heterocycles. The zero-order valence-electron chi connectivity index (χ0n) is 16.4. The number of para-hydroxylation sites is 1. The number of anilines is 1. The molecule has 0 radical (unpaired) electrons. The van der Waals surface area contributed by atoms with E-state index < -0.39 is 0 Å². The second-order valence-corrected chi connectivity index (χ2v) is 8.16. The fourth-order valence-corrected chi connectivity index (χ4v) is 3.80. The van der Waals surface area contributed by atoms with Crippen LogP contribution in [-0.2, 0) is 17.0 Å². The Morgan fingerprint density at radius 3 is 2.77 bits per heavy atom. The molecule has 2 aromatic carbocycles. The van der Waals surface area contributed by atoms with E-state index in [-0.39, 0.29) is 12.3 Å². The lowest BCUT2D eigenvalue weighted by Gasteiger charge is -2.10. The summed E-state index contributed by atoms with van der Waals surface area (Å²) in [4.78, 5) is 21.0. The SMILES string of the molecule is Cc1cccc(C)c1NC(=O)CCc1nc(CSc2nc3cc(Cl)ccc3o2)no1. The van der Waals surface area contributed by atoms with Gasteiger partial charge in [-0.05, 0) is 43.2 Å². The summed E-state index contributed by atoms with van der Waals surface area (Å²) in [6.45, 7) is 3.94. The van der Waals surface area contributed by atoms with Crippen LogP contribution in [0.2, 0.25) is 5.02 Å². The zero-order valence-corrected chi connectivity index (χ0v) is 18.0. The van der Waals surface area contributed by atoms with Crippen molar-refractivity contribution in [2.75, 3.05) is 5.32 Å². The molecule has 1 amide bonds. The first-order valence-corrected chi connectivity index (χ1v) is 10.7. The van der Waals surface area contributed by atoms with Gasteiger partial charge in [-0.25, -0.2) is 4.98 Å². The number of thioether (sulfide) groups is 1. The highest BCUT2D eigenvalue weighted by Crippen LogP contribution is 2.27. The Balaban J connectivity index is 1.30. The van der Waals surface area contributed by atoms with Crippen molar-refractivity contribution in [3.05, 3.63) is 64.3 Å². The van der Waals surface area contributed by atoms with E-state index in [9.17, 15) is 4.79 Å². The second kappa shape index (κ2) is 8.89. The van der Waals surface area contributed by atoms with Crippen LogP contribution in [-0.4, -0.2) is 21.0 Å². The van der Waals surface area contributed by atoms with Gasteiger partial charge in [0.25, 0.3) is 5.22 Å². The number of rotatable bonds is 7. The maximum Gasteiger partial charge on any atom is 0.257 e. The molecule has 9 heteroatoms. The van der Waals surface area contributed by atoms with Gasteiger partial charge >= 0.3 is 0 Å². The van der Waals surface area contributed by atoms with Crippen LogP contribution in [0.4, 0.5) is 5.69 Å². The number of hydrogen-bond acceptors (Lipinski definition) is 7. The van der Waals surface area contributed by atoms with E-state index in [1.54, 1.807) is 18.2 Å². The monoisotopic (exact) mass is 442 g/mol. The van der Waals surface area contributed by atoms with Crippen LogP contribution in [0.15, 0.2) is 50.6 Å². The summed E-state index contributed by atoms with van der Waals surface area (Å²) >= 11 is 7.33. The molecule has 7 nitrogen and oxygen atoms in total. The van der Waals surface area contributed by atoms with Gasteiger partial charge < -0.3 is 14.3 Å². The Morgan fingerprint density at radius 1 is 1.17 bits per heavy atom. The van der Waals surface area contributed by atoms with Crippen molar-refractivity contribution in [2.45, 2.75) is 37.7 Å². The van der Waals surface area contributed by atoms with Crippen molar-refractivity contribution < 1.29 is 13.7 Å². The summed E-state index contributed by atoms with van der Waals surface area (Å²) in [5.74, 6) is 1.29. The summed E-state index contributed by atoms with van der Waals surface area (Å²) in [6.07, 6.45) is 0.629. The Bertz CT molecular complexity index is 1180. The molecular formula is C21H19ClN4O3S. The van der Waals surface area contributed by atoms with E-state index in [1.807, 2.05) is 32.0 Å². The Kier molecular flexibility index (Phi) is 6.06. The van der Waals surface area contributed by atoms with E-state index in [0.29, 0.717) is 45.2 Å². The van der Waals surface area contributed by atoms with Crippen LogP contribution in [0.5, 0.6) is 0 Å². The summed E-state index contributed by atoms with van der Waals surface area (Å²) in [6, 6.07) is 11.2. The highest BCUT2D eigenvalue weighted by atomic mass is 35.5. The van der Waals surface area contributed by atoms with E-state index >= 15 is 0 Å². The predicted octanol–water partition coefficient (Wildman–Crippen LogP) is 5.34. The molecule has 0 aliphatic heterocycles. The first kappa shape index (κ1) is 20.4. The molecule has 0 unspecified atom stereocenters. The summed E-state index contributed by atoms with van der Waals surface area (Å²) < 4.78 is 10.9. The second-order valence-electron chi connectivity index (χ2n) is 6.80. The van der Waals surface area contributed by atoms with Crippen LogP contribution in [0.25, 0.3) is 11.1 Å². The van der Waals surface area contributed by atoms with Crippen LogP contribution in [0.1, 0.15) is 29.3 Å². The first-order chi connectivity index (χ1) is 14.5. The zero-order chi connectivity index (χ0) is 21.1. The lowest BCUT2D eigenvalue weighted by molar-refractivity contribution is -0.116. The van der Waals surface area contributed by atoms with E-state index in [1.165, 1.54) is 11.8 Å². The van der Waals surface area contributed by atoms with Crippen molar-refractivity contribution >= 4 is 46.1 Å². The Labute approximate surface area is 182 Å². The van der Waals surface area contributed by atoms with Gasteiger partial charge in [-0.15, -0.1) is 0 Å². The molecule has 0 spiro atoms. The number of carbonyl (C=O) groups excluding carboxylic acids is 1. The van der Waals surface area contributed by atoms with Crippen LogP contribution in [0.3, 0.4) is 0 Å². The van der Waals surface area contributed by atoms with Gasteiger partial charge in [0.05, 0.1) is 5.75 Å². The lowest BCUT2D eigenvalue weighted by atomic mass is 10.1. The molecule has 0 aliphatic rings. The molecule has 0 saturated carbocycles. The van der Waals surface area contributed by atoms with Crippen LogP contribution >= 0.6 is 23.4 Å². The van der Waals surface area contributed by atoms with Crippen molar-refractivity contribution in [3.8, 4) is 0 Å². The van der Waals surface area contributed by atoms with Gasteiger partial charge in [-0.3, -0.25) is 4.79 Å². The van der Waals surface area contributed by atoms with Gasteiger partial charge in [0.15, 0.2) is 11.4 Å². The number of fused-ring (bicyclic) bond motifs is 1. The largest absolute Gasteiger partial charge is 0.431 e. The summed E-state index contributed by atoms with van der Waals surface area (Å²) in [5.41, 5.74) is 4.29. The number of oxazole rings is 1. The number of amides is 1. The van der Waals surface area contributed by atoms with E-state index in [0.717, 1.165) is 16.8 Å². The van der Waals surface area contributed by atoms with E-state index in [2.05, 4.69) is 20.4 Å². The van der Waals surface area contributed by atoms with Crippen molar-refractivity contribution in [3.63, 3.8) is 0 Å². The van der Waals surface area contributed by atoms with Crippen LogP contribution in [0, 0.1) is 13.8 Å². The molecule has 4 aromatic rings. The minimum Gasteiger partial charge on any atom is -0.431 e. The number of nitrogens with zero attached hydrogens (tertiary/aromatic N) is 3. The number of nitrogens with one attached hydrogen (secondary N) is 1. The predicted molar refractivity (Wildman–Crippen MR) is 116 cm³/mol. The number of carbonyl (C=O) groups is 1. The molecule has 0 fully saturated rings. The van der Waals surface area contributed by atoms with Crippen LogP contribution < -0.4 is 5.32 Å². The summed E-state index contributed by atoms with van der Waals surface area (Å²) in [5, 5.41) is 8.03. The molecule has 1 N–H and O–H groups in total. The number of halogens is 1. The number of aryl methyl sites for hydroxylation is 3. The topological polar surface area (TPSA) is 94.1 Å². The van der Waals surface area contributed by atoms with Gasteiger partial charge in [0.1, 0.15) is 5.52 Å². The summed E-state index contributed by atoms with van der Waals surface area (Å²) in [7, 11) is 0. The lowest BCUT2D eigenvalue weighted by Crippen LogP contribution is -2.14. The highest BCUT2D eigenvalue weighted by Gasteiger charge is 2.13. The van der Waals surface area contributed by atoms with Crippen molar-refractivity contribution in [1.29, 1.82) is 0 Å². The highest BCUT2D eigenvalue weighted by molar-refractivity contribution is 7.98. The average molecular weight is 443 g/mol. The molecule has 2 heterocycles. The number of hydrogen-bond donors (Lipinski definition) is 1. The smallest absolute Gasteiger partial charge is 0.257 e. The molecule has 2 aromatic heterocycles. The molecule has 4 rings (SSSR count). The molecular weight excluding hydrogens is 424 g/mol. The van der Waals surface area contributed by atoms with Gasteiger partial charge in [0.2, 0.25) is 11.8 Å². The quantitative estimate of drug-likeness (QED) is 0.386. The molecule has 30 heavy (non-hydrogen) atoms. The maximum atomic E-state index is 12.3. The minimum atomic E-state index is -0.0911. The maximum absolute atomic E-state index is 12.3. The Morgan fingerprint density at radius 2 is 1.97 bits per heavy atom. The fraction of sp³-hybridized carbons (Fsp3) is 0.238. The molecule has 0 aliphatic carbocycles. The normalized spacial score (nSPS) is 11.2. The third kappa shape index (κ3) is 4.83. The third-order valence-electron chi connectivity index (χ3n) is 4.48. The fourth-order valence-electron chi connectivity index (χ4n) is 2.95. The van der Waals surface area contributed by atoms with E-state index in [4.69, 9.17) is 20.5 Å².